The van der Waals surface area contributed by atoms with Gasteiger partial charge in [-0.1, -0.05) is 22.9 Å². The fourth-order valence-electron chi connectivity index (χ4n) is 1.36. The van der Waals surface area contributed by atoms with Gasteiger partial charge >= 0.3 is 4.87 Å². The van der Waals surface area contributed by atoms with Crippen molar-refractivity contribution in [2.75, 3.05) is 0 Å². The van der Waals surface area contributed by atoms with Crippen LogP contribution in [0.5, 0.6) is 0 Å². The molecule has 0 bridgehead atoms. The summed E-state index contributed by atoms with van der Waals surface area (Å²) in [6.07, 6.45) is 0. The van der Waals surface area contributed by atoms with Crippen molar-refractivity contribution in [1.29, 1.82) is 0 Å². The van der Waals surface area contributed by atoms with Crippen LogP contribution in [0.25, 0.3) is 0 Å². The first-order valence-corrected chi connectivity index (χ1v) is 5.92. The van der Waals surface area contributed by atoms with Crippen molar-refractivity contribution in [2.45, 2.75) is 20.4 Å². The highest BCUT2D eigenvalue weighted by Gasteiger charge is 2.08. The molecule has 4 nitrogen and oxygen atoms in total. The lowest BCUT2D eigenvalue weighted by Crippen LogP contribution is -2.16. The van der Waals surface area contributed by atoms with Crippen LogP contribution in [0, 0.1) is 13.8 Å². The van der Waals surface area contributed by atoms with Crippen LogP contribution in [0.15, 0.2) is 16.9 Å². The first-order valence-electron chi connectivity index (χ1n) is 4.73. The number of aromatic nitrogens is 3. The van der Waals surface area contributed by atoms with Gasteiger partial charge in [-0.25, -0.2) is 0 Å². The van der Waals surface area contributed by atoms with Crippen LogP contribution >= 0.6 is 22.9 Å². The number of halogens is 1. The fourth-order valence-corrected chi connectivity index (χ4v) is 2.29. The summed E-state index contributed by atoms with van der Waals surface area (Å²) in [6, 6.07) is 3.44. The number of hydrogen-bond donors (Lipinski definition) is 0. The fraction of sp³-hybridized carbons (Fsp3) is 0.300. The standard InChI is InChI=1S/C10H10ClN3OS/c1-6-7(2)16-10(15)14(6)5-8-3-4-9(11)13-12-8/h3-4H,5H2,1-2H3. The molecule has 2 aromatic rings. The van der Waals surface area contributed by atoms with Crippen LogP contribution in [-0.2, 0) is 6.54 Å². The van der Waals surface area contributed by atoms with Crippen LogP contribution in [0.4, 0.5) is 0 Å². The molecule has 0 atom stereocenters. The predicted molar refractivity (Wildman–Crippen MR) is 64.2 cm³/mol. The molecule has 0 N–H and O–H groups in total. The zero-order valence-corrected chi connectivity index (χ0v) is 10.5. The van der Waals surface area contributed by atoms with E-state index < -0.39 is 0 Å². The molecule has 0 aliphatic heterocycles. The van der Waals surface area contributed by atoms with Crippen LogP contribution in [0.1, 0.15) is 16.3 Å². The molecule has 2 aromatic heterocycles. The van der Waals surface area contributed by atoms with Gasteiger partial charge in [0.05, 0.1) is 12.2 Å². The Balaban J connectivity index is 2.34. The normalized spacial score (nSPS) is 10.7. The maximum Gasteiger partial charge on any atom is 0.307 e. The highest BCUT2D eigenvalue weighted by Crippen LogP contribution is 2.11. The average molecular weight is 256 g/mol. The van der Waals surface area contributed by atoms with Gasteiger partial charge in [-0.15, -0.1) is 5.10 Å². The van der Waals surface area contributed by atoms with Crippen molar-refractivity contribution < 1.29 is 0 Å². The van der Waals surface area contributed by atoms with Gasteiger partial charge in [0.15, 0.2) is 5.15 Å². The second-order valence-corrected chi connectivity index (χ2v) is 5.00. The monoisotopic (exact) mass is 255 g/mol. The summed E-state index contributed by atoms with van der Waals surface area (Å²) < 4.78 is 1.69. The van der Waals surface area contributed by atoms with Gasteiger partial charge in [-0.2, -0.15) is 5.10 Å². The Morgan fingerprint density at radius 3 is 2.62 bits per heavy atom. The summed E-state index contributed by atoms with van der Waals surface area (Å²) in [5.74, 6) is 0. The van der Waals surface area contributed by atoms with E-state index in [9.17, 15) is 4.79 Å². The summed E-state index contributed by atoms with van der Waals surface area (Å²) in [4.78, 5) is 12.7. The molecule has 0 amide bonds. The molecule has 0 radical (unpaired) electrons. The van der Waals surface area contributed by atoms with Crippen molar-refractivity contribution in [1.82, 2.24) is 14.8 Å². The average Bonchev–Trinajstić information content (AvgIpc) is 2.48. The number of aryl methyl sites for hydroxylation is 1. The van der Waals surface area contributed by atoms with Gasteiger partial charge in [0.2, 0.25) is 0 Å². The van der Waals surface area contributed by atoms with E-state index >= 15 is 0 Å². The molecule has 2 rings (SSSR count). The summed E-state index contributed by atoms with van der Waals surface area (Å²) in [5, 5.41) is 8.03. The zero-order chi connectivity index (χ0) is 11.7. The van der Waals surface area contributed by atoms with E-state index in [4.69, 9.17) is 11.6 Å². The minimum absolute atomic E-state index is 0.0340. The quantitative estimate of drug-likeness (QED) is 0.825. The lowest BCUT2D eigenvalue weighted by Gasteiger charge is -2.03. The summed E-state index contributed by atoms with van der Waals surface area (Å²) in [5.41, 5.74) is 1.71. The Labute approximate surface area is 102 Å². The van der Waals surface area contributed by atoms with Crippen LogP contribution in [0.3, 0.4) is 0 Å². The van der Waals surface area contributed by atoms with Gasteiger partial charge in [0, 0.05) is 10.6 Å². The number of thiazole rings is 1. The molecule has 0 aliphatic rings. The molecular formula is C10H10ClN3OS. The van der Waals surface area contributed by atoms with Gasteiger partial charge in [-0.3, -0.25) is 9.36 Å². The minimum atomic E-state index is 0.0340. The third kappa shape index (κ3) is 2.15. The molecule has 0 saturated heterocycles. The molecule has 0 unspecified atom stereocenters. The Bertz CT molecular complexity index is 558. The summed E-state index contributed by atoms with van der Waals surface area (Å²) in [6.45, 7) is 4.31. The van der Waals surface area contributed by atoms with Gasteiger partial charge in [0.1, 0.15) is 0 Å². The van der Waals surface area contributed by atoms with E-state index in [0.717, 1.165) is 16.3 Å². The Morgan fingerprint density at radius 1 is 1.38 bits per heavy atom. The SMILES string of the molecule is Cc1sc(=O)n(Cc2ccc(Cl)nn2)c1C. The van der Waals surface area contributed by atoms with E-state index in [0.29, 0.717) is 11.7 Å². The lowest BCUT2D eigenvalue weighted by atomic mass is 10.3. The highest BCUT2D eigenvalue weighted by atomic mass is 35.5. The summed E-state index contributed by atoms with van der Waals surface area (Å²) >= 11 is 6.89. The Morgan fingerprint density at radius 2 is 2.12 bits per heavy atom. The maximum atomic E-state index is 11.6. The zero-order valence-electron chi connectivity index (χ0n) is 8.90. The molecule has 2 heterocycles. The third-order valence-electron chi connectivity index (χ3n) is 2.38. The second kappa shape index (κ2) is 4.35. The van der Waals surface area contributed by atoms with Gasteiger partial charge in [-0.05, 0) is 26.0 Å². The van der Waals surface area contributed by atoms with E-state index in [2.05, 4.69) is 10.2 Å². The molecule has 0 aliphatic carbocycles. The molecule has 16 heavy (non-hydrogen) atoms. The smallest absolute Gasteiger partial charge is 0.297 e. The van der Waals surface area contributed by atoms with Crippen molar-refractivity contribution >= 4 is 22.9 Å². The first kappa shape index (κ1) is 11.3. The Hall–Kier alpha value is -1.20. The largest absolute Gasteiger partial charge is 0.307 e. The van der Waals surface area contributed by atoms with E-state index in [1.807, 2.05) is 13.8 Å². The molecular weight excluding hydrogens is 246 g/mol. The lowest BCUT2D eigenvalue weighted by molar-refractivity contribution is 0.717. The van der Waals surface area contributed by atoms with Crippen molar-refractivity contribution in [3.63, 3.8) is 0 Å². The number of hydrogen-bond acceptors (Lipinski definition) is 4. The molecule has 0 aromatic carbocycles. The van der Waals surface area contributed by atoms with E-state index in [1.54, 1.807) is 16.7 Å². The summed E-state index contributed by atoms with van der Waals surface area (Å²) in [7, 11) is 0. The Kier molecular flexibility index (Phi) is 3.07. The minimum Gasteiger partial charge on any atom is -0.297 e. The topological polar surface area (TPSA) is 47.8 Å². The number of nitrogens with zero attached hydrogens (tertiary/aromatic N) is 3. The highest BCUT2D eigenvalue weighted by molar-refractivity contribution is 7.09. The molecule has 6 heteroatoms. The molecule has 0 saturated carbocycles. The van der Waals surface area contributed by atoms with Crippen LogP contribution in [0.2, 0.25) is 5.15 Å². The third-order valence-corrected chi connectivity index (χ3v) is 3.58. The van der Waals surface area contributed by atoms with Gasteiger partial charge < -0.3 is 0 Å². The van der Waals surface area contributed by atoms with Crippen LogP contribution in [-0.4, -0.2) is 14.8 Å². The van der Waals surface area contributed by atoms with Crippen molar-refractivity contribution in [3.8, 4) is 0 Å². The molecule has 84 valence electrons. The van der Waals surface area contributed by atoms with Crippen molar-refractivity contribution in [2.24, 2.45) is 0 Å². The predicted octanol–water partition coefficient (Wildman–Crippen LogP) is 2.02. The van der Waals surface area contributed by atoms with Crippen LogP contribution < -0.4 is 4.87 Å². The van der Waals surface area contributed by atoms with E-state index in [-0.39, 0.29) is 4.87 Å². The first-order chi connectivity index (χ1) is 7.58. The molecule has 0 spiro atoms. The van der Waals surface area contributed by atoms with E-state index in [1.165, 1.54) is 11.3 Å². The van der Waals surface area contributed by atoms with Gasteiger partial charge in [0.25, 0.3) is 0 Å². The van der Waals surface area contributed by atoms with Crippen molar-refractivity contribution in [3.05, 3.63) is 43.2 Å². The molecule has 0 fully saturated rings. The maximum absolute atomic E-state index is 11.6. The second-order valence-electron chi connectivity index (χ2n) is 3.44. The number of rotatable bonds is 2.